The molecular formula is C20H21NS. The minimum atomic E-state index is 1.09. The molecule has 2 heteroatoms. The fourth-order valence-electron chi connectivity index (χ4n) is 3.00. The summed E-state index contributed by atoms with van der Waals surface area (Å²) in [5.41, 5.74) is 6.87. The number of hydrogen-bond donors (Lipinski definition) is 0. The lowest BCUT2D eigenvalue weighted by Gasteiger charge is -2.10. The van der Waals surface area contributed by atoms with Crippen LogP contribution in [0.3, 0.4) is 0 Å². The summed E-state index contributed by atoms with van der Waals surface area (Å²) in [6.45, 7) is 2.09. The maximum Gasteiger partial charge on any atom is 0.0714 e. The van der Waals surface area contributed by atoms with Gasteiger partial charge in [-0.2, -0.15) is 0 Å². The molecule has 2 aromatic rings. The van der Waals surface area contributed by atoms with Crippen molar-refractivity contribution in [3.05, 3.63) is 77.1 Å². The summed E-state index contributed by atoms with van der Waals surface area (Å²) < 4.78 is 0. The van der Waals surface area contributed by atoms with Crippen molar-refractivity contribution >= 4 is 17.3 Å². The molecule has 0 aliphatic heterocycles. The zero-order chi connectivity index (χ0) is 15.4. The van der Waals surface area contributed by atoms with Crippen molar-refractivity contribution in [2.45, 2.75) is 31.1 Å². The molecule has 0 spiro atoms. The lowest BCUT2D eigenvalue weighted by molar-refractivity contribution is 1.02. The number of thioether (sulfide) groups is 1. The van der Waals surface area contributed by atoms with Gasteiger partial charge in [-0.3, -0.25) is 4.98 Å². The Bertz CT molecular complexity index is 687. The van der Waals surface area contributed by atoms with Gasteiger partial charge >= 0.3 is 0 Å². The average Bonchev–Trinajstić information content (AvgIpc) is 2.95. The van der Waals surface area contributed by atoms with Crippen molar-refractivity contribution in [1.82, 2.24) is 4.98 Å². The van der Waals surface area contributed by atoms with Crippen molar-refractivity contribution in [3.8, 4) is 0 Å². The Morgan fingerprint density at radius 2 is 1.73 bits per heavy atom. The van der Waals surface area contributed by atoms with Crippen LogP contribution in [0.5, 0.6) is 0 Å². The summed E-state index contributed by atoms with van der Waals surface area (Å²) in [7, 11) is 0. The lowest BCUT2D eigenvalue weighted by Crippen LogP contribution is -1.95. The Hall–Kier alpha value is -1.80. The van der Waals surface area contributed by atoms with E-state index < -0.39 is 0 Å². The third-order valence-corrected chi connectivity index (χ3v) is 4.82. The van der Waals surface area contributed by atoms with E-state index in [1.807, 2.05) is 48.2 Å². The zero-order valence-electron chi connectivity index (χ0n) is 13.2. The monoisotopic (exact) mass is 307 g/mol. The number of rotatable bonds is 1. The van der Waals surface area contributed by atoms with E-state index in [0.717, 1.165) is 12.1 Å². The molecular weight excluding hydrogens is 286 g/mol. The molecule has 0 unspecified atom stereocenters. The van der Waals surface area contributed by atoms with Crippen LogP contribution in [0.25, 0.3) is 5.57 Å². The van der Waals surface area contributed by atoms with Crippen LogP contribution in [0.4, 0.5) is 0 Å². The molecule has 1 nitrogen and oxygen atoms in total. The second-order valence-electron chi connectivity index (χ2n) is 5.57. The molecule has 0 saturated heterocycles. The molecule has 2 aliphatic carbocycles. The average molecular weight is 307 g/mol. The Labute approximate surface area is 137 Å². The first kappa shape index (κ1) is 15.1. The topological polar surface area (TPSA) is 12.9 Å². The third-order valence-electron chi connectivity index (χ3n) is 4.02. The number of benzene rings is 1. The van der Waals surface area contributed by atoms with Gasteiger partial charge in [-0.25, -0.2) is 0 Å². The van der Waals surface area contributed by atoms with Gasteiger partial charge in [0.25, 0.3) is 0 Å². The molecule has 0 amide bonds. The van der Waals surface area contributed by atoms with E-state index in [2.05, 4.69) is 31.4 Å². The first-order valence-corrected chi connectivity index (χ1v) is 8.95. The van der Waals surface area contributed by atoms with E-state index in [4.69, 9.17) is 4.98 Å². The molecule has 1 aromatic heterocycles. The van der Waals surface area contributed by atoms with Crippen molar-refractivity contribution in [1.29, 1.82) is 0 Å². The molecule has 0 radical (unpaired) electrons. The molecule has 0 fully saturated rings. The van der Waals surface area contributed by atoms with E-state index >= 15 is 0 Å². The molecule has 0 bridgehead atoms. The van der Waals surface area contributed by atoms with Crippen LogP contribution in [0.1, 0.15) is 29.8 Å². The predicted octanol–water partition coefficient (Wildman–Crippen LogP) is 5.46. The minimum absolute atomic E-state index is 1.09. The van der Waals surface area contributed by atoms with E-state index in [1.54, 1.807) is 0 Å². The molecule has 112 valence electrons. The SMILES string of the molecule is CSc1cc(C)nc2c1CC1=C2CCC=C1.c1ccccc1. The third kappa shape index (κ3) is 3.17. The van der Waals surface area contributed by atoms with Gasteiger partial charge in [0.2, 0.25) is 0 Å². The highest BCUT2D eigenvalue weighted by atomic mass is 32.2. The molecule has 1 heterocycles. The summed E-state index contributed by atoms with van der Waals surface area (Å²) in [6, 6.07) is 14.2. The molecule has 0 N–H and O–H groups in total. The minimum Gasteiger partial charge on any atom is -0.253 e. The van der Waals surface area contributed by atoms with Crippen LogP contribution in [-0.2, 0) is 6.42 Å². The molecule has 1 aromatic carbocycles. The number of allylic oxidation sites excluding steroid dienone is 4. The van der Waals surface area contributed by atoms with Crippen molar-refractivity contribution in [3.63, 3.8) is 0 Å². The first-order valence-electron chi connectivity index (χ1n) is 7.73. The number of hydrogen-bond acceptors (Lipinski definition) is 2. The molecule has 0 atom stereocenters. The highest BCUT2D eigenvalue weighted by molar-refractivity contribution is 7.98. The van der Waals surface area contributed by atoms with E-state index in [1.165, 1.54) is 40.1 Å². The van der Waals surface area contributed by atoms with E-state index in [-0.39, 0.29) is 0 Å². The fourth-order valence-corrected chi connectivity index (χ4v) is 3.70. The second-order valence-corrected chi connectivity index (χ2v) is 6.42. The lowest BCUT2D eigenvalue weighted by atomic mass is 9.99. The Morgan fingerprint density at radius 1 is 1.05 bits per heavy atom. The van der Waals surface area contributed by atoms with Crippen LogP contribution in [0, 0.1) is 6.92 Å². The van der Waals surface area contributed by atoms with Crippen molar-refractivity contribution in [2.75, 3.05) is 6.26 Å². The van der Waals surface area contributed by atoms with E-state index in [9.17, 15) is 0 Å². The number of aromatic nitrogens is 1. The zero-order valence-corrected chi connectivity index (χ0v) is 14.0. The standard InChI is InChI=1S/C14H15NS.C6H6/c1-9-7-13(16-2)12-8-10-5-3-4-6-11(10)14(12)15-9;1-2-4-6-5-3-1/h3,5,7H,4,6,8H2,1-2H3;1-6H. The summed E-state index contributed by atoms with van der Waals surface area (Å²) in [4.78, 5) is 6.15. The maximum absolute atomic E-state index is 4.74. The summed E-state index contributed by atoms with van der Waals surface area (Å²) in [5, 5.41) is 0. The Kier molecular flexibility index (Phi) is 4.79. The van der Waals surface area contributed by atoms with Crippen molar-refractivity contribution in [2.24, 2.45) is 0 Å². The second kappa shape index (κ2) is 6.97. The Morgan fingerprint density at radius 3 is 2.36 bits per heavy atom. The van der Waals surface area contributed by atoms with Crippen LogP contribution >= 0.6 is 11.8 Å². The normalized spacial score (nSPS) is 15.0. The van der Waals surface area contributed by atoms with Gasteiger partial charge in [-0.1, -0.05) is 48.6 Å². The number of pyridine rings is 1. The van der Waals surface area contributed by atoms with Gasteiger partial charge in [0.15, 0.2) is 0 Å². The van der Waals surface area contributed by atoms with Gasteiger partial charge in [0, 0.05) is 17.0 Å². The highest BCUT2D eigenvalue weighted by Gasteiger charge is 2.25. The van der Waals surface area contributed by atoms with Gasteiger partial charge in [-0.05, 0) is 48.8 Å². The number of nitrogens with zero attached hydrogens (tertiary/aromatic N) is 1. The smallest absolute Gasteiger partial charge is 0.0714 e. The van der Waals surface area contributed by atoms with Crippen LogP contribution in [0.15, 0.2) is 65.1 Å². The van der Waals surface area contributed by atoms with Gasteiger partial charge in [-0.15, -0.1) is 11.8 Å². The summed E-state index contributed by atoms with van der Waals surface area (Å²) in [5.74, 6) is 0. The largest absolute Gasteiger partial charge is 0.253 e. The van der Waals surface area contributed by atoms with Crippen LogP contribution in [0.2, 0.25) is 0 Å². The number of aryl methyl sites for hydroxylation is 1. The highest BCUT2D eigenvalue weighted by Crippen LogP contribution is 2.41. The maximum atomic E-state index is 4.74. The Balaban J connectivity index is 0.000000202. The first-order chi connectivity index (χ1) is 10.8. The van der Waals surface area contributed by atoms with Crippen molar-refractivity contribution < 1.29 is 0 Å². The summed E-state index contributed by atoms with van der Waals surface area (Å²) in [6.07, 6.45) is 10.2. The molecule has 0 saturated carbocycles. The van der Waals surface area contributed by atoms with Gasteiger partial charge in [0.1, 0.15) is 0 Å². The van der Waals surface area contributed by atoms with Gasteiger partial charge in [0.05, 0.1) is 5.69 Å². The quantitative estimate of drug-likeness (QED) is 0.649. The summed E-state index contributed by atoms with van der Waals surface area (Å²) >= 11 is 1.84. The van der Waals surface area contributed by atoms with Crippen LogP contribution in [-0.4, -0.2) is 11.2 Å². The number of fused-ring (bicyclic) bond motifs is 2. The molecule has 2 aliphatic rings. The van der Waals surface area contributed by atoms with Crippen LogP contribution < -0.4 is 0 Å². The fraction of sp³-hybridized carbons (Fsp3) is 0.250. The predicted molar refractivity (Wildman–Crippen MR) is 96.2 cm³/mol. The molecule has 4 rings (SSSR count). The van der Waals surface area contributed by atoms with Gasteiger partial charge < -0.3 is 0 Å². The van der Waals surface area contributed by atoms with E-state index in [0.29, 0.717) is 0 Å². The molecule has 22 heavy (non-hydrogen) atoms.